The summed E-state index contributed by atoms with van der Waals surface area (Å²) < 4.78 is 0. The normalized spacial score (nSPS) is 16.3. The molecule has 2 aromatic carbocycles. The smallest absolute Gasteiger partial charge is 0.271 e. The number of hydrogen-bond acceptors (Lipinski definition) is 3. The second-order valence-corrected chi connectivity index (χ2v) is 7.44. The maximum absolute atomic E-state index is 12.7. The van der Waals surface area contributed by atoms with Crippen molar-refractivity contribution in [3.05, 3.63) is 64.3 Å². The highest BCUT2D eigenvalue weighted by Gasteiger charge is 2.38. The molecule has 7 nitrogen and oxygen atoms in total. The predicted octanol–water partition coefficient (Wildman–Crippen LogP) is 3.29. The van der Waals surface area contributed by atoms with Crippen molar-refractivity contribution in [1.29, 1.82) is 0 Å². The van der Waals surface area contributed by atoms with E-state index in [1.54, 1.807) is 30.5 Å². The van der Waals surface area contributed by atoms with Crippen molar-refractivity contribution in [1.82, 2.24) is 15.8 Å². The molecular formula is C20H16Cl2N4O3. The number of halogens is 2. The maximum atomic E-state index is 12.7. The Bertz CT molecular complexity index is 1130. The number of aromatic nitrogens is 1. The first kappa shape index (κ1) is 19.3. The lowest BCUT2D eigenvalue weighted by Crippen LogP contribution is -2.46. The van der Waals surface area contributed by atoms with Crippen LogP contribution in [0.3, 0.4) is 0 Å². The van der Waals surface area contributed by atoms with Crippen molar-refractivity contribution in [3.63, 3.8) is 0 Å². The van der Waals surface area contributed by atoms with Crippen molar-refractivity contribution in [2.24, 2.45) is 5.92 Å². The van der Waals surface area contributed by atoms with Crippen molar-refractivity contribution in [2.45, 2.75) is 6.42 Å². The fourth-order valence-corrected chi connectivity index (χ4v) is 3.66. The monoisotopic (exact) mass is 430 g/mol. The highest BCUT2D eigenvalue weighted by Crippen LogP contribution is 2.31. The van der Waals surface area contributed by atoms with Crippen molar-refractivity contribution < 1.29 is 14.4 Å². The third kappa shape index (κ3) is 3.66. The van der Waals surface area contributed by atoms with Crippen LogP contribution in [0.25, 0.3) is 10.9 Å². The first-order valence-corrected chi connectivity index (χ1v) is 9.64. The quantitative estimate of drug-likeness (QED) is 0.439. The minimum atomic E-state index is -0.896. The zero-order valence-corrected chi connectivity index (χ0v) is 16.6. The molecule has 3 amide bonds. The van der Waals surface area contributed by atoms with E-state index in [-0.39, 0.29) is 5.91 Å². The Morgan fingerprint density at radius 3 is 2.66 bits per heavy atom. The van der Waals surface area contributed by atoms with Gasteiger partial charge in [-0.1, -0.05) is 41.4 Å². The minimum absolute atomic E-state index is 0.327. The van der Waals surface area contributed by atoms with E-state index >= 15 is 0 Å². The summed E-state index contributed by atoms with van der Waals surface area (Å²) in [6.45, 7) is 0.366. The zero-order valence-electron chi connectivity index (χ0n) is 15.0. The van der Waals surface area contributed by atoms with Crippen LogP contribution in [0.5, 0.6) is 0 Å². The molecule has 0 aliphatic carbocycles. The summed E-state index contributed by atoms with van der Waals surface area (Å²) in [5.41, 5.74) is 6.51. The second-order valence-electron chi connectivity index (χ2n) is 6.62. The number of carbonyl (C=O) groups excluding carboxylic acids is 3. The summed E-state index contributed by atoms with van der Waals surface area (Å²) in [5, 5.41) is 1.45. The highest BCUT2D eigenvalue weighted by molar-refractivity contribution is 6.42. The molecular weight excluding hydrogens is 415 g/mol. The first-order valence-electron chi connectivity index (χ1n) is 8.88. The summed E-state index contributed by atoms with van der Waals surface area (Å²) in [4.78, 5) is 42.0. The topological polar surface area (TPSA) is 94.3 Å². The number of aromatic amines is 1. The lowest BCUT2D eigenvalue weighted by molar-refractivity contribution is -0.132. The van der Waals surface area contributed by atoms with E-state index in [0.29, 0.717) is 34.3 Å². The lowest BCUT2D eigenvalue weighted by Gasteiger charge is -2.17. The van der Waals surface area contributed by atoms with E-state index in [2.05, 4.69) is 15.8 Å². The van der Waals surface area contributed by atoms with Gasteiger partial charge in [-0.3, -0.25) is 25.2 Å². The summed E-state index contributed by atoms with van der Waals surface area (Å²) >= 11 is 11.9. The van der Waals surface area contributed by atoms with Crippen LogP contribution in [0, 0.1) is 5.92 Å². The van der Waals surface area contributed by atoms with Crippen LogP contribution in [0.2, 0.25) is 10.0 Å². The van der Waals surface area contributed by atoms with Gasteiger partial charge in [0.2, 0.25) is 5.91 Å². The molecule has 1 saturated heterocycles. The molecule has 1 aliphatic rings. The summed E-state index contributed by atoms with van der Waals surface area (Å²) in [6, 6.07) is 12.2. The minimum Gasteiger partial charge on any atom is -0.360 e. The Hall–Kier alpha value is -3.03. The van der Waals surface area contributed by atoms with Gasteiger partial charge < -0.3 is 9.88 Å². The number of nitrogens with zero attached hydrogens (tertiary/aromatic N) is 1. The van der Waals surface area contributed by atoms with Crippen LogP contribution in [0.1, 0.15) is 16.8 Å². The molecule has 1 fully saturated rings. The third-order valence-electron chi connectivity index (χ3n) is 4.87. The molecule has 1 aromatic heterocycles. The van der Waals surface area contributed by atoms with Crippen LogP contribution >= 0.6 is 23.2 Å². The predicted molar refractivity (Wildman–Crippen MR) is 111 cm³/mol. The molecule has 0 bridgehead atoms. The lowest BCUT2D eigenvalue weighted by atomic mass is 10.1. The maximum Gasteiger partial charge on any atom is 0.271 e. The molecule has 0 saturated carbocycles. The van der Waals surface area contributed by atoms with Gasteiger partial charge in [0.05, 0.1) is 15.6 Å². The molecule has 0 radical (unpaired) electrons. The van der Waals surface area contributed by atoms with Gasteiger partial charge in [-0.15, -0.1) is 0 Å². The Balaban J connectivity index is 1.40. The van der Waals surface area contributed by atoms with Crippen molar-refractivity contribution in [3.8, 4) is 0 Å². The number of H-pyrrole nitrogens is 1. The van der Waals surface area contributed by atoms with Gasteiger partial charge in [0, 0.05) is 29.3 Å². The first-order chi connectivity index (χ1) is 14.0. The van der Waals surface area contributed by atoms with E-state index in [4.69, 9.17) is 23.2 Å². The number of benzene rings is 2. The van der Waals surface area contributed by atoms with E-state index in [0.717, 1.165) is 10.9 Å². The number of amides is 3. The average molecular weight is 431 g/mol. The fraction of sp³-hybridized carbons (Fsp3) is 0.150. The number of nitrogens with one attached hydrogen (secondary N) is 3. The van der Waals surface area contributed by atoms with Crippen molar-refractivity contribution >= 4 is 57.5 Å². The molecule has 3 N–H and O–H groups in total. The number of anilines is 1. The molecule has 148 valence electrons. The van der Waals surface area contributed by atoms with Crippen LogP contribution in [0.4, 0.5) is 5.69 Å². The number of para-hydroxylation sites is 1. The molecule has 1 aliphatic heterocycles. The second kappa shape index (κ2) is 7.77. The van der Waals surface area contributed by atoms with Gasteiger partial charge in [0.1, 0.15) is 5.92 Å². The summed E-state index contributed by atoms with van der Waals surface area (Å²) in [7, 11) is 0. The Kier molecular flexibility index (Phi) is 5.17. The standard InChI is InChI=1S/C20H16Cl2N4O3/c21-15-6-5-11(9-16(15)22)26-8-7-13(20(26)29)18(27)24-25-19(28)14-10-23-17-4-2-1-3-12(14)17/h1-6,9-10,13,23H,7-8H2,(H,24,27)(H,25,28). The third-order valence-corrected chi connectivity index (χ3v) is 5.61. The molecule has 9 heteroatoms. The van der Waals surface area contributed by atoms with Gasteiger partial charge in [-0.2, -0.15) is 0 Å². The summed E-state index contributed by atoms with van der Waals surface area (Å²) in [5.74, 6) is -2.29. The molecule has 3 aromatic rings. The Morgan fingerprint density at radius 2 is 1.86 bits per heavy atom. The van der Waals surface area contributed by atoms with Gasteiger partial charge in [-0.25, -0.2) is 0 Å². The number of carbonyl (C=O) groups is 3. The summed E-state index contributed by atoms with van der Waals surface area (Å²) in [6.07, 6.45) is 1.90. The van der Waals surface area contributed by atoms with Crippen LogP contribution in [-0.2, 0) is 9.59 Å². The van der Waals surface area contributed by atoms with E-state index < -0.39 is 17.7 Å². The zero-order chi connectivity index (χ0) is 20.5. The number of hydrazine groups is 1. The fourth-order valence-electron chi connectivity index (χ4n) is 3.36. The number of fused-ring (bicyclic) bond motifs is 1. The van der Waals surface area contributed by atoms with Gasteiger partial charge in [0.15, 0.2) is 0 Å². The number of hydrogen-bond donors (Lipinski definition) is 3. The van der Waals surface area contributed by atoms with Gasteiger partial charge in [0.25, 0.3) is 11.8 Å². The van der Waals surface area contributed by atoms with Crippen molar-refractivity contribution in [2.75, 3.05) is 11.4 Å². The van der Waals surface area contributed by atoms with Crippen LogP contribution in [0.15, 0.2) is 48.7 Å². The van der Waals surface area contributed by atoms with Crippen LogP contribution < -0.4 is 15.8 Å². The largest absolute Gasteiger partial charge is 0.360 e. The van der Waals surface area contributed by atoms with E-state index in [1.807, 2.05) is 18.2 Å². The molecule has 4 rings (SSSR count). The molecule has 2 heterocycles. The SMILES string of the molecule is O=C(NNC(=O)C1CCN(c2ccc(Cl)c(Cl)c2)C1=O)c1c[nH]c2ccccc12. The van der Waals surface area contributed by atoms with Gasteiger partial charge >= 0.3 is 0 Å². The molecule has 1 unspecified atom stereocenters. The molecule has 0 spiro atoms. The van der Waals surface area contributed by atoms with E-state index in [9.17, 15) is 14.4 Å². The molecule has 29 heavy (non-hydrogen) atoms. The highest BCUT2D eigenvalue weighted by atomic mass is 35.5. The Labute approximate surface area is 175 Å². The Morgan fingerprint density at radius 1 is 1.07 bits per heavy atom. The van der Waals surface area contributed by atoms with E-state index in [1.165, 1.54) is 4.90 Å². The van der Waals surface area contributed by atoms with Gasteiger partial charge in [-0.05, 0) is 30.7 Å². The average Bonchev–Trinajstić information content (AvgIpc) is 3.32. The molecule has 1 atom stereocenters. The number of rotatable bonds is 3. The van der Waals surface area contributed by atoms with Crippen LogP contribution in [-0.4, -0.2) is 29.3 Å².